The SMILES string of the molecule is COc1ccc2nccc(CCN3C[C@@H]4C(N)[C@@H]4C3)c2n1. The van der Waals surface area contributed by atoms with Crippen LogP contribution in [0.15, 0.2) is 24.4 Å². The second-order valence-electron chi connectivity index (χ2n) is 6.11. The van der Waals surface area contributed by atoms with Crippen molar-refractivity contribution < 1.29 is 4.74 Å². The summed E-state index contributed by atoms with van der Waals surface area (Å²) < 4.78 is 5.22. The van der Waals surface area contributed by atoms with Gasteiger partial charge in [0, 0.05) is 37.9 Å². The number of methoxy groups -OCH3 is 1. The first-order valence-electron chi connectivity index (χ1n) is 7.53. The van der Waals surface area contributed by atoms with Crippen molar-refractivity contribution in [2.45, 2.75) is 12.5 Å². The van der Waals surface area contributed by atoms with Crippen LogP contribution >= 0.6 is 0 Å². The lowest BCUT2D eigenvalue weighted by Crippen LogP contribution is -2.30. The summed E-state index contributed by atoms with van der Waals surface area (Å²) in [5.41, 5.74) is 9.11. The number of nitrogens with zero attached hydrogens (tertiary/aromatic N) is 3. The van der Waals surface area contributed by atoms with E-state index in [4.69, 9.17) is 10.5 Å². The van der Waals surface area contributed by atoms with Crippen molar-refractivity contribution in [1.29, 1.82) is 0 Å². The molecule has 0 spiro atoms. The number of pyridine rings is 2. The predicted molar refractivity (Wildman–Crippen MR) is 81.2 cm³/mol. The molecule has 0 bridgehead atoms. The number of aromatic nitrogens is 2. The third-order valence-corrected chi connectivity index (χ3v) is 4.88. The Balaban J connectivity index is 1.50. The molecule has 1 aliphatic heterocycles. The highest BCUT2D eigenvalue weighted by Crippen LogP contribution is 2.43. The van der Waals surface area contributed by atoms with Gasteiger partial charge in [0.05, 0.1) is 18.1 Å². The van der Waals surface area contributed by atoms with E-state index in [1.807, 2.05) is 18.3 Å². The highest BCUT2D eigenvalue weighted by molar-refractivity contribution is 5.78. The molecule has 0 amide bonds. The van der Waals surface area contributed by atoms with E-state index in [9.17, 15) is 0 Å². The summed E-state index contributed by atoms with van der Waals surface area (Å²) in [6, 6.07) is 6.36. The molecular formula is C16H20N4O. The fraction of sp³-hybridized carbons (Fsp3) is 0.500. The molecule has 1 aliphatic carbocycles. The Hall–Kier alpha value is -1.72. The van der Waals surface area contributed by atoms with Crippen LogP contribution in [0.5, 0.6) is 5.88 Å². The van der Waals surface area contributed by atoms with E-state index >= 15 is 0 Å². The van der Waals surface area contributed by atoms with Gasteiger partial charge in [-0.1, -0.05) is 0 Å². The van der Waals surface area contributed by atoms with Gasteiger partial charge < -0.3 is 15.4 Å². The van der Waals surface area contributed by atoms with E-state index in [1.165, 1.54) is 5.56 Å². The fourth-order valence-electron chi connectivity index (χ4n) is 3.50. The van der Waals surface area contributed by atoms with Gasteiger partial charge in [0.25, 0.3) is 0 Å². The molecule has 4 rings (SSSR count). The molecule has 1 saturated carbocycles. The van der Waals surface area contributed by atoms with Crippen molar-refractivity contribution in [3.63, 3.8) is 0 Å². The highest BCUT2D eigenvalue weighted by Gasteiger charge is 2.53. The summed E-state index contributed by atoms with van der Waals surface area (Å²) in [5, 5.41) is 0. The molecule has 2 fully saturated rings. The second-order valence-corrected chi connectivity index (χ2v) is 6.11. The Morgan fingerprint density at radius 3 is 2.86 bits per heavy atom. The zero-order chi connectivity index (χ0) is 14.4. The lowest BCUT2D eigenvalue weighted by atomic mass is 10.1. The van der Waals surface area contributed by atoms with E-state index < -0.39 is 0 Å². The minimum atomic E-state index is 0.467. The van der Waals surface area contributed by atoms with Gasteiger partial charge >= 0.3 is 0 Å². The van der Waals surface area contributed by atoms with Gasteiger partial charge in [0.2, 0.25) is 5.88 Å². The number of piperidine rings is 1. The minimum Gasteiger partial charge on any atom is -0.481 e. The van der Waals surface area contributed by atoms with Crippen LogP contribution in [-0.4, -0.2) is 47.7 Å². The Labute approximate surface area is 124 Å². The molecule has 2 N–H and O–H groups in total. The van der Waals surface area contributed by atoms with Gasteiger partial charge in [-0.25, -0.2) is 4.98 Å². The van der Waals surface area contributed by atoms with Crippen LogP contribution < -0.4 is 10.5 Å². The molecule has 3 heterocycles. The summed E-state index contributed by atoms with van der Waals surface area (Å²) >= 11 is 0. The molecule has 0 aromatic carbocycles. The standard InChI is InChI=1S/C16H20N4O/c1-21-14-3-2-13-16(19-14)10(4-6-18-13)5-7-20-8-11-12(9-20)15(11)17/h2-4,6,11-12,15H,5,7-9,17H2,1H3/t11-,12+,15?. The normalized spacial score (nSPS) is 27.8. The van der Waals surface area contributed by atoms with Crippen LogP contribution in [0.25, 0.3) is 11.0 Å². The third-order valence-electron chi connectivity index (χ3n) is 4.88. The van der Waals surface area contributed by atoms with Crippen molar-refractivity contribution in [2.24, 2.45) is 17.6 Å². The maximum absolute atomic E-state index is 5.99. The Morgan fingerprint density at radius 1 is 1.29 bits per heavy atom. The molecule has 2 aromatic rings. The van der Waals surface area contributed by atoms with Gasteiger partial charge in [-0.15, -0.1) is 0 Å². The average molecular weight is 284 g/mol. The number of fused-ring (bicyclic) bond motifs is 2. The molecule has 0 radical (unpaired) electrons. The first kappa shape index (κ1) is 13.0. The highest BCUT2D eigenvalue weighted by atomic mass is 16.5. The molecule has 2 aromatic heterocycles. The van der Waals surface area contributed by atoms with Gasteiger partial charge in [0.1, 0.15) is 0 Å². The third kappa shape index (κ3) is 2.26. The van der Waals surface area contributed by atoms with Gasteiger partial charge in [-0.3, -0.25) is 4.98 Å². The van der Waals surface area contributed by atoms with Crippen LogP contribution in [0.3, 0.4) is 0 Å². The number of nitrogens with two attached hydrogens (primary N) is 1. The number of hydrogen-bond acceptors (Lipinski definition) is 5. The fourth-order valence-corrected chi connectivity index (χ4v) is 3.50. The first-order chi connectivity index (χ1) is 10.3. The van der Waals surface area contributed by atoms with Gasteiger partial charge in [-0.05, 0) is 36.0 Å². The van der Waals surface area contributed by atoms with E-state index in [-0.39, 0.29) is 0 Å². The van der Waals surface area contributed by atoms with Crippen LogP contribution in [0.2, 0.25) is 0 Å². The number of rotatable bonds is 4. The number of hydrogen-bond donors (Lipinski definition) is 1. The maximum atomic E-state index is 5.99. The monoisotopic (exact) mass is 284 g/mol. The van der Waals surface area contributed by atoms with E-state index in [2.05, 4.69) is 20.9 Å². The molecule has 1 saturated heterocycles. The smallest absolute Gasteiger partial charge is 0.213 e. The lowest BCUT2D eigenvalue weighted by molar-refractivity contribution is 0.302. The zero-order valence-electron chi connectivity index (χ0n) is 12.2. The second kappa shape index (κ2) is 4.93. The molecule has 5 heteroatoms. The molecule has 3 atom stereocenters. The van der Waals surface area contributed by atoms with Crippen molar-refractivity contribution in [1.82, 2.24) is 14.9 Å². The summed E-state index contributed by atoms with van der Waals surface area (Å²) in [7, 11) is 1.64. The average Bonchev–Trinajstić information content (AvgIpc) is 2.95. The molecular weight excluding hydrogens is 264 g/mol. The zero-order valence-corrected chi connectivity index (χ0v) is 12.2. The largest absolute Gasteiger partial charge is 0.481 e. The van der Waals surface area contributed by atoms with Gasteiger partial charge in [0.15, 0.2) is 0 Å². The molecule has 2 aliphatic rings. The summed E-state index contributed by atoms with van der Waals surface area (Å²) in [4.78, 5) is 11.4. The summed E-state index contributed by atoms with van der Waals surface area (Å²) in [6.45, 7) is 3.38. The van der Waals surface area contributed by atoms with E-state index in [0.717, 1.165) is 48.9 Å². The Bertz CT molecular complexity index is 662. The molecule has 1 unspecified atom stereocenters. The van der Waals surface area contributed by atoms with Crippen molar-refractivity contribution in [3.8, 4) is 5.88 Å². The Kier molecular flexibility index (Phi) is 3.05. The van der Waals surface area contributed by atoms with Crippen LogP contribution in [0, 0.1) is 11.8 Å². The molecule has 110 valence electrons. The van der Waals surface area contributed by atoms with E-state index in [1.54, 1.807) is 7.11 Å². The van der Waals surface area contributed by atoms with Crippen molar-refractivity contribution in [2.75, 3.05) is 26.7 Å². The van der Waals surface area contributed by atoms with Crippen LogP contribution in [0.1, 0.15) is 5.56 Å². The summed E-state index contributed by atoms with van der Waals surface area (Å²) in [6.07, 6.45) is 2.86. The van der Waals surface area contributed by atoms with Crippen LogP contribution in [0.4, 0.5) is 0 Å². The van der Waals surface area contributed by atoms with Gasteiger partial charge in [-0.2, -0.15) is 0 Å². The van der Waals surface area contributed by atoms with Crippen LogP contribution in [-0.2, 0) is 6.42 Å². The predicted octanol–water partition coefficient (Wildman–Crippen LogP) is 1.07. The quantitative estimate of drug-likeness (QED) is 0.910. The first-order valence-corrected chi connectivity index (χ1v) is 7.53. The minimum absolute atomic E-state index is 0.467. The maximum Gasteiger partial charge on any atom is 0.213 e. The number of ether oxygens (including phenoxy) is 1. The number of likely N-dealkylation sites (tertiary alicyclic amines) is 1. The molecule has 5 nitrogen and oxygen atoms in total. The molecule has 21 heavy (non-hydrogen) atoms. The Morgan fingerprint density at radius 2 is 2.10 bits per heavy atom. The topological polar surface area (TPSA) is 64.3 Å². The van der Waals surface area contributed by atoms with Crippen molar-refractivity contribution in [3.05, 3.63) is 30.0 Å². The summed E-state index contributed by atoms with van der Waals surface area (Å²) in [5.74, 6) is 2.14. The van der Waals surface area contributed by atoms with E-state index in [0.29, 0.717) is 11.9 Å². The lowest BCUT2D eigenvalue weighted by Gasteiger charge is -2.18. The van der Waals surface area contributed by atoms with Crippen molar-refractivity contribution >= 4 is 11.0 Å².